The number of aliphatic hydroxyl groups excluding tert-OH is 1. The third-order valence-corrected chi connectivity index (χ3v) is 5.42. The van der Waals surface area contributed by atoms with Crippen molar-refractivity contribution in [3.8, 4) is 17.3 Å². The molecule has 0 fully saturated rings. The van der Waals surface area contributed by atoms with Crippen LogP contribution in [0.2, 0.25) is 0 Å². The topological polar surface area (TPSA) is 59.8 Å². The molecule has 1 atom stereocenters. The van der Waals surface area contributed by atoms with Crippen molar-refractivity contribution in [2.75, 3.05) is 26.3 Å². The number of nitrogens with zero attached hydrogens (tertiary/aromatic N) is 3. The maximum Gasteiger partial charge on any atom is 0.227 e. The smallest absolute Gasteiger partial charge is 0.227 e. The molecule has 0 aliphatic rings. The number of benzene rings is 2. The van der Waals surface area contributed by atoms with Crippen molar-refractivity contribution >= 4 is 0 Å². The normalized spacial score (nSPS) is 12.6. The molecule has 0 aliphatic heterocycles. The van der Waals surface area contributed by atoms with Crippen LogP contribution in [-0.4, -0.2) is 52.2 Å². The molecular weight excluding hydrogens is 445 g/mol. The fourth-order valence-corrected chi connectivity index (χ4v) is 3.94. The fourth-order valence-electron chi connectivity index (χ4n) is 3.94. The van der Waals surface area contributed by atoms with Crippen LogP contribution in [0.4, 0.5) is 4.39 Å². The highest BCUT2D eigenvalue weighted by Gasteiger charge is 2.24. The van der Waals surface area contributed by atoms with E-state index in [1.165, 1.54) is 6.07 Å². The van der Waals surface area contributed by atoms with Gasteiger partial charge in [0.2, 0.25) is 5.88 Å². The maximum absolute atomic E-state index is 14.5. The summed E-state index contributed by atoms with van der Waals surface area (Å²) in [7, 11) is 0. The quantitative estimate of drug-likeness (QED) is 0.343. The van der Waals surface area contributed by atoms with E-state index in [4.69, 9.17) is 14.6 Å². The van der Waals surface area contributed by atoms with Crippen LogP contribution < -0.4 is 4.74 Å². The van der Waals surface area contributed by atoms with Crippen molar-refractivity contribution in [1.29, 1.82) is 0 Å². The first-order chi connectivity index (χ1) is 16.7. The van der Waals surface area contributed by atoms with Crippen LogP contribution in [0, 0.1) is 24.6 Å². The van der Waals surface area contributed by atoms with Gasteiger partial charge in [-0.25, -0.2) is 9.07 Å². The lowest BCUT2D eigenvalue weighted by Gasteiger charge is -2.27. The maximum atomic E-state index is 14.5. The molecule has 7 heteroatoms. The molecule has 0 radical (unpaired) electrons. The van der Waals surface area contributed by atoms with Crippen LogP contribution in [0.3, 0.4) is 0 Å². The molecule has 0 bridgehead atoms. The molecule has 0 spiro atoms. The summed E-state index contributed by atoms with van der Waals surface area (Å²) in [6.45, 7) is 13.0. The minimum Gasteiger partial charge on any atom is -0.435 e. The molecule has 0 aliphatic carbocycles. The Hall–Kier alpha value is -2.74. The van der Waals surface area contributed by atoms with E-state index in [1.54, 1.807) is 22.9 Å². The second-order valence-electron chi connectivity index (χ2n) is 9.82. The van der Waals surface area contributed by atoms with E-state index in [2.05, 4.69) is 32.6 Å². The average Bonchev–Trinajstić information content (AvgIpc) is 3.10. The average molecular weight is 484 g/mol. The number of hydrogen-bond acceptors (Lipinski definition) is 5. The highest BCUT2D eigenvalue weighted by Crippen LogP contribution is 2.33. The number of hydrogen-bond donors (Lipinski definition) is 1. The van der Waals surface area contributed by atoms with Crippen molar-refractivity contribution in [2.45, 2.75) is 47.3 Å². The van der Waals surface area contributed by atoms with E-state index < -0.39 is 11.9 Å². The lowest BCUT2D eigenvalue weighted by atomic mass is 10.1. The van der Waals surface area contributed by atoms with Gasteiger partial charge in [-0.05, 0) is 43.0 Å². The van der Waals surface area contributed by atoms with Gasteiger partial charge in [-0.3, -0.25) is 4.90 Å². The molecule has 3 aromatic rings. The molecule has 35 heavy (non-hydrogen) atoms. The number of aromatic nitrogens is 2. The van der Waals surface area contributed by atoms with E-state index in [0.29, 0.717) is 37.4 Å². The highest BCUT2D eigenvalue weighted by atomic mass is 19.1. The Labute approximate surface area is 208 Å². The molecule has 0 saturated carbocycles. The van der Waals surface area contributed by atoms with Crippen LogP contribution >= 0.6 is 0 Å². The van der Waals surface area contributed by atoms with E-state index in [-0.39, 0.29) is 12.4 Å². The van der Waals surface area contributed by atoms with E-state index >= 15 is 0 Å². The lowest BCUT2D eigenvalue weighted by Crippen LogP contribution is -2.37. The molecule has 0 saturated heterocycles. The Bertz CT molecular complexity index is 1050. The fraction of sp³-hybridized carbons (Fsp3) is 0.464. The predicted molar refractivity (Wildman–Crippen MR) is 137 cm³/mol. The van der Waals surface area contributed by atoms with E-state index in [9.17, 15) is 9.50 Å². The van der Waals surface area contributed by atoms with Gasteiger partial charge in [0.15, 0.2) is 11.6 Å². The minimum atomic E-state index is -0.618. The Morgan fingerprint density at radius 2 is 1.63 bits per heavy atom. The number of aryl methyl sites for hydroxylation is 1. The van der Waals surface area contributed by atoms with Gasteiger partial charge in [0.25, 0.3) is 0 Å². The SMILES string of the molecule is Cc1nn(-c2ccccc2)c(Oc2ccccc2F)c1CN(CC(C)C)C[C@H](O)COCC(C)C. The van der Waals surface area contributed by atoms with Gasteiger partial charge in [0.05, 0.1) is 29.7 Å². The van der Waals surface area contributed by atoms with Gasteiger partial charge in [0, 0.05) is 26.2 Å². The van der Waals surface area contributed by atoms with Gasteiger partial charge in [-0.2, -0.15) is 5.10 Å². The second kappa shape index (κ2) is 12.8. The van der Waals surface area contributed by atoms with Gasteiger partial charge in [0.1, 0.15) is 0 Å². The largest absolute Gasteiger partial charge is 0.435 e. The number of rotatable bonds is 13. The standard InChI is InChI=1S/C28H38FN3O3/c1-20(2)15-31(16-24(33)19-34-18-21(3)4)17-25-22(5)30-32(23-11-7-6-8-12-23)28(25)35-27-14-10-9-13-26(27)29/h6-14,20-21,24,33H,15-19H2,1-5H3/t24-/m0/s1. The number of para-hydroxylation sites is 2. The molecular formula is C28H38FN3O3. The van der Waals surface area contributed by atoms with Crippen LogP contribution in [0.1, 0.15) is 39.0 Å². The number of halogens is 1. The number of aliphatic hydroxyl groups is 1. The van der Waals surface area contributed by atoms with Crippen molar-refractivity contribution in [2.24, 2.45) is 11.8 Å². The molecule has 1 aromatic heterocycles. The summed E-state index contributed by atoms with van der Waals surface area (Å²) in [6, 6.07) is 16.0. The zero-order valence-corrected chi connectivity index (χ0v) is 21.4. The summed E-state index contributed by atoms with van der Waals surface area (Å²) in [5, 5.41) is 15.4. The third-order valence-electron chi connectivity index (χ3n) is 5.42. The summed E-state index contributed by atoms with van der Waals surface area (Å²) >= 11 is 0. The molecule has 1 heterocycles. The Balaban J connectivity index is 1.91. The molecule has 0 amide bonds. The van der Waals surface area contributed by atoms with Crippen LogP contribution in [0.25, 0.3) is 5.69 Å². The Morgan fingerprint density at radius 1 is 0.943 bits per heavy atom. The summed E-state index contributed by atoms with van der Waals surface area (Å²) < 4.78 is 28.0. The number of ether oxygens (including phenoxy) is 2. The van der Waals surface area contributed by atoms with Gasteiger partial charge in [-0.1, -0.05) is 58.0 Å². The van der Waals surface area contributed by atoms with Crippen molar-refractivity contribution < 1.29 is 19.0 Å². The van der Waals surface area contributed by atoms with Crippen molar-refractivity contribution in [3.05, 3.63) is 71.7 Å². The highest BCUT2D eigenvalue weighted by molar-refractivity contribution is 5.43. The summed E-state index contributed by atoms with van der Waals surface area (Å²) in [6.07, 6.45) is -0.618. The van der Waals surface area contributed by atoms with Gasteiger partial charge >= 0.3 is 0 Å². The van der Waals surface area contributed by atoms with Crippen LogP contribution in [0.5, 0.6) is 11.6 Å². The third kappa shape index (κ3) is 7.88. The molecule has 3 rings (SSSR count). The second-order valence-corrected chi connectivity index (χ2v) is 9.82. The van der Waals surface area contributed by atoms with Crippen molar-refractivity contribution in [1.82, 2.24) is 14.7 Å². The van der Waals surface area contributed by atoms with E-state index in [1.807, 2.05) is 37.3 Å². The Morgan fingerprint density at radius 3 is 2.29 bits per heavy atom. The summed E-state index contributed by atoms with van der Waals surface area (Å²) in [5.74, 6) is 0.980. The Kier molecular flexibility index (Phi) is 9.83. The summed E-state index contributed by atoms with van der Waals surface area (Å²) in [4.78, 5) is 2.18. The molecule has 2 aromatic carbocycles. The van der Waals surface area contributed by atoms with Crippen molar-refractivity contribution in [3.63, 3.8) is 0 Å². The van der Waals surface area contributed by atoms with Gasteiger partial charge in [-0.15, -0.1) is 0 Å². The van der Waals surface area contributed by atoms with Gasteiger partial charge < -0.3 is 14.6 Å². The van der Waals surface area contributed by atoms with Crippen LogP contribution in [0.15, 0.2) is 54.6 Å². The first kappa shape index (κ1) is 26.9. The monoisotopic (exact) mass is 483 g/mol. The first-order valence-corrected chi connectivity index (χ1v) is 12.3. The van der Waals surface area contributed by atoms with Crippen LogP contribution in [-0.2, 0) is 11.3 Å². The lowest BCUT2D eigenvalue weighted by molar-refractivity contribution is 0.00511. The zero-order chi connectivity index (χ0) is 25.4. The van der Waals surface area contributed by atoms with E-state index in [0.717, 1.165) is 23.5 Å². The predicted octanol–water partition coefficient (Wildman–Crippen LogP) is 5.60. The zero-order valence-electron chi connectivity index (χ0n) is 21.4. The molecule has 190 valence electrons. The molecule has 6 nitrogen and oxygen atoms in total. The first-order valence-electron chi connectivity index (χ1n) is 12.3. The summed E-state index contributed by atoms with van der Waals surface area (Å²) in [5.41, 5.74) is 2.47. The molecule has 0 unspecified atom stereocenters. The minimum absolute atomic E-state index is 0.142. The molecule has 1 N–H and O–H groups in total.